The third-order valence-corrected chi connectivity index (χ3v) is 3.11. The standard InChI is InChI=1S/C12H10ClF3N4O/c1-7-10(13)11(12(14,15)16)19-20(7)6-9(21)18-8-2-4-17-5-3-8/h2-5H,6H2,1H3,(H,17,18,21). The van der Waals surface area contributed by atoms with Crippen LogP contribution in [0.15, 0.2) is 24.5 Å². The van der Waals surface area contributed by atoms with Crippen molar-refractivity contribution in [2.75, 3.05) is 5.32 Å². The predicted octanol–water partition coefficient (Wildman–Crippen LogP) is 2.90. The lowest BCUT2D eigenvalue weighted by Gasteiger charge is -2.06. The van der Waals surface area contributed by atoms with E-state index in [-0.39, 0.29) is 12.2 Å². The van der Waals surface area contributed by atoms with Gasteiger partial charge in [0, 0.05) is 18.1 Å². The molecule has 0 atom stereocenters. The summed E-state index contributed by atoms with van der Waals surface area (Å²) < 4.78 is 38.9. The van der Waals surface area contributed by atoms with Crippen LogP contribution in [-0.4, -0.2) is 20.7 Å². The Morgan fingerprint density at radius 3 is 2.52 bits per heavy atom. The van der Waals surface area contributed by atoms with E-state index in [4.69, 9.17) is 11.6 Å². The Morgan fingerprint density at radius 1 is 1.38 bits per heavy atom. The first-order valence-corrected chi connectivity index (χ1v) is 6.17. The largest absolute Gasteiger partial charge is 0.436 e. The van der Waals surface area contributed by atoms with E-state index in [1.54, 1.807) is 12.1 Å². The topological polar surface area (TPSA) is 59.8 Å². The summed E-state index contributed by atoms with van der Waals surface area (Å²) in [5.41, 5.74) is -0.630. The van der Waals surface area contributed by atoms with Crippen molar-refractivity contribution in [3.05, 3.63) is 40.9 Å². The third-order valence-electron chi connectivity index (χ3n) is 2.66. The Hall–Kier alpha value is -2.09. The third kappa shape index (κ3) is 3.52. The second kappa shape index (κ2) is 5.72. The van der Waals surface area contributed by atoms with Crippen molar-refractivity contribution < 1.29 is 18.0 Å². The van der Waals surface area contributed by atoms with E-state index in [9.17, 15) is 18.0 Å². The van der Waals surface area contributed by atoms with E-state index < -0.39 is 22.8 Å². The number of hydrogen-bond donors (Lipinski definition) is 1. The van der Waals surface area contributed by atoms with Gasteiger partial charge in [0.15, 0.2) is 5.69 Å². The van der Waals surface area contributed by atoms with Gasteiger partial charge in [0.25, 0.3) is 0 Å². The van der Waals surface area contributed by atoms with Crippen molar-refractivity contribution in [2.24, 2.45) is 0 Å². The van der Waals surface area contributed by atoms with Crippen molar-refractivity contribution in [2.45, 2.75) is 19.6 Å². The molecule has 0 spiro atoms. The lowest BCUT2D eigenvalue weighted by Crippen LogP contribution is -2.20. The van der Waals surface area contributed by atoms with E-state index in [1.165, 1.54) is 19.3 Å². The van der Waals surface area contributed by atoms with Crippen LogP contribution in [0.1, 0.15) is 11.4 Å². The molecule has 21 heavy (non-hydrogen) atoms. The molecule has 0 aliphatic rings. The highest BCUT2D eigenvalue weighted by molar-refractivity contribution is 6.32. The second-order valence-corrected chi connectivity index (χ2v) is 4.57. The molecular formula is C12H10ClF3N4O. The number of nitrogens with zero attached hydrogens (tertiary/aromatic N) is 3. The van der Waals surface area contributed by atoms with Gasteiger partial charge in [0.2, 0.25) is 5.91 Å². The average molecular weight is 319 g/mol. The molecule has 1 N–H and O–H groups in total. The van der Waals surface area contributed by atoms with Crippen molar-refractivity contribution in [1.29, 1.82) is 0 Å². The van der Waals surface area contributed by atoms with E-state index in [2.05, 4.69) is 15.4 Å². The Balaban J connectivity index is 2.15. The lowest BCUT2D eigenvalue weighted by molar-refractivity contribution is -0.141. The van der Waals surface area contributed by atoms with Crippen molar-refractivity contribution >= 4 is 23.2 Å². The molecule has 112 valence electrons. The van der Waals surface area contributed by atoms with Gasteiger partial charge in [0.05, 0.1) is 10.7 Å². The van der Waals surface area contributed by atoms with Gasteiger partial charge in [-0.3, -0.25) is 14.5 Å². The van der Waals surface area contributed by atoms with Gasteiger partial charge in [0.1, 0.15) is 6.54 Å². The Labute approximate surface area is 122 Å². The summed E-state index contributed by atoms with van der Waals surface area (Å²) in [6.45, 7) is 0.994. The molecule has 0 fully saturated rings. The van der Waals surface area contributed by atoms with Crippen LogP contribution >= 0.6 is 11.6 Å². The highest BCUT2D eigenvalue weighted by Gasteiger charge is 2.38. The molecule has 9 heteroatoms. The summed E-state index contributed by atoms with van der Waals surface area (Å²) in [5.74, 6) is -0.516. The van der Waals surface area contributed by atoms with Crippen LogP contribution in [0.4, 0.5) is 18.9 Å². The molecular weight excluding hydrogens is 309 g/mol. The molecule has 2 aromatic heterocycles. The van der Waals surface area contributed by atoms with Crippen molar-refractivity contribution in [1.82, 2.24) is 14.8 Å². The molecule has 0 radical (unpaired) electrons. The minimum Gasteiger partial charge on any atom is -0.324 e. The predicted molar refractivity (Wildman–Crippen MR) is 69.8 cm³/mol. The van der Waals surface area contributed by atoms with Gasteiger partial charge in [-0.2, -0.15) is 18.3 Å². The maximum Gasteiger partial charge on any atom is 0.436 e. The molecule has 5 nitrogen and oxygen atoms in total. The van der Waals surface area contributed by atoms with Crippen LogP contribution < -0.4 is 5.32 Å². The van der Waals surface area contributed by atoms with E-state index in [0.29, 0.717) is 5.69 Å². The first-order valence-electron chi connectivity index (χ1n) is 5.79. The Kier molecular flexibility index (Phi) is 4.17. The van der Waals surface area contributed by atoms with Gasteiger partial charge in [-0.1, -0.05) is 11.6 Å². The number of rotatable bonds is 3. The summed E-state index contributed by atoms with van der Waals surface area (Å²) in [7, 11) is 0. The van der Waals surface area contributed by atoms with Gasteiger partial charge in [-0.05, 0) is 19.1 Å². The van der Waals surface area contributed by atoms with Crippen LogP contribution in [0.25, 0.3) is 0 Å². The molecule has 2 rings (SSSR count). The highest BCUT2D eigenvalue weighted by atomic mass is 35.5. The van der Waals surface area contributed by atoms with Crippen molar-refractivity contribution in [3.63, 3.8) is 0 Å². The minimum atomic E-state index is -4.66. The molecule has 0 unspecified atom stereocenters. The number of carbonyl (C=O) groups excluding carboxylic acids is 1. The fourth-order valence-corrected chi connectivity index (χ4v) is 1.87. The number of anilines is 1. The fraction of sp³-hybridized carbons (Fsp3) is 0.250. The molecule has 1 amide bonds. The molecule has 0 aliphatic carbocycles. The molecule has 0 aliphatic heterocycles. The van der Waals surface area contributed by atoms with Gasteiger partial charge in [-0.25, -0.2) is 0 Å². The average Bonchev–Trinajstić information content (AvgIpc) is 2.68. The number of carbonyl (C=O) groups is 1. The molecule has 0 aromatic carbocycles. The summed E-state index contributed by atoms with van der Waals surface area (Å²) in [6.07, 6.45) is -1.70. The Morgan fingerprint density at radius 2 is 2.00 bits per heavy atom. The second-order valence-electron chi connectivity index (χ2n) is 4.19. The zero-order valence-corrected chi connectivity index (χ0v) is 11.5. The van der Waals surface area contributed by atoms with Gasteiger partial charge in [-0.15, -0.1) is 0 Å². The zero-order chi connectivity index (χ0) is 15.6. The number of aromatic nitrogens is 3. The smallest absolute Gasteiger partial charge is 0.324 e. The van der Waals surface area contributed by atoms with Gasteiger partial charge < -0.3 is 5.32 Å². The number of amides is 1. The van der Waals surface area contributed by atoms with Crippen LogP contribution in [-0.2, 0) is 17.5 Å². The van der Waals surface area contributed by atoms with E-state index in [0.717, 1.165) is 4.68 Å². The van der Waals surface area contributed by atoms with Crippen LogP contribution in [0.5, 0.6) is 0 Å². The summed E-state index contributed by atoms with van der Waals surface area (Å²) in [5, 5.41) is 5.37. The SMILES string of the molecule is Cc1c(Cl)c(C(F)(F)F)nn1CC(=O)Nc1ccncc1. The number of hydrogen-bond acceptors (Lipinski definition) is 3. The lowest BCUT2D eigenvalue weighted by atomic mass is 10.3. The quantitative estimate of drug-likeness (QED) is 0.946. The normalized spacial score (nSPS) is 11.5. The molecule has 0 saturated carbocycles. The van der Waals surface area contributed by atoms with Crippen molar-refractivity contribution in [3.8, 4) is 0 Å². The highest BCUT2D eigenvalue weighted by Crippen LogP contribution is 2.35. The number of halogens is 4. The van der Waals surface area contributed by atoms with E-state index in [1.807, 2.05) is 0 Å². The minimum absolute atomic E-state index is 0.0777. The molecule has 2 heterocycles. The fourth-order valence-electron chi connectivity index (χ4n) is 1.63. The first-order chi connectivity index (χ1) is 9.79. The molecule has 0 bridgehead atoms. The zero-order valence-electron chi connectivity index (χ0n) is 10.8. The Bertz CT molecular complexity index is 655. The summed E-state index contributed by atoms with van der Waals surface area (Å²) in [6, 6.07) is 3.12. The molecule has 2 aromatic rings. The maximum absolute atomic E-state index is 12.7. The molecule has 0 saturated heterocycles. The maximum atomic E-state index is 12.7. The number of alkyl halides is 3. The van der Waals surface area contributed by atoms with E-state index >= 15 is 0 Å². The van der Waals surface area contributed by atoms with Crippen LogP contribution in [0.3, 0.4) is 0 Å². The first kappa shape index (κ1) is 15.3. The summed E-state index contributed by atoms with van der Waals surface area (Å²) in [4.78, 5) is 15.6. The van der Waals surface area contributed by atoms with Crippen LogP contribution in [0.2, 0.25) is 5.02 Å². The monoisotopic (exact) mass is 318 g/mol. The van der Waals surface area contributed by atoms with Gasteiger partial charge >= 0.3 is 6.18 Å². The number of pyridine rings is 1. The summed E-state index contributed by atoms with van der Waals surface area (Å²) >= 11 is 5.60. The van der Waals surface area contributed by atoms with Crippen LogP contribution in [0, 0.1) is 6.92 Å². The number of nitrogens with one attached hydrogen (secondary N) is 1.